The van der Waals surface area contributed by atoms with E-state index in [0.717, 1.165) is 36.1 Å². The number of nitrogens with one attached hydrogen (secondary N) is 1. The van der Waals surface area contributed by atoms with E-state index in [4.69, 9.17) is 4.74 Å². The van der Waals surface area contributed by atoms with Gasteiger partial charge in [-0.25, -0.2) is 0 Å². The molecule has 0 aromatic heterocycles. The average Bonchev–Trinajstić information content (AvgIpc) is 3.56. The molecule has 1 aliphatic carbocycles. The zero-order valence-electron chi connectivity index (χ0n) is 17.4. The summed E-state index contributed by atoms with van der Waals surface area (Å²) < 4.78 is 44.7. The van der Waals surface area contributed by atoms with Gasteiger partial charge in [-0.2, -0.15) is 13.2 Å². The summed E-state index contributed by atoms with van der Waals surface area (Å²) in [5, 5.41) is 3.11. The van der Waals surface area contributed by atoms with Crippen LogP contribution in [0.15, 0.2) is 42.5 Å². The monoisotopic (exact) mass is 433 g/mol. The van der Waals surface area contributed by atoms with Gasteiger partial charge < -0.3 is 10.1 Å². The SMILES string of the molecule is CCOC(=O)Cc1cccc(-c2ccc(C(F)(F)F)cc2CNCCC(=O)C2CC2)c1. The number of esters is 1. The lowest BCUT2D eigenvalue weighted by atomic mass is 9.95. The van der Waals surface area contributed by atoms with E-state index >= 15 is 0 Å². The number of alkyl halides is 3. The van der Waals surface area contributed by atoms with Gasteiger partial charge in [-0.3, -0.25) is 9.59 Å². The largest absolute Gasteiger partial charge is 0.466 e. The van der Waals surface area contributed by atoms with E-state index in [0.29, 0.717) is 24.1 Å². The van der Waals surface area contributed by atoms with Crippen molar-refractivity contribution in [2.24, 2.45) is 5.92 Å². The normalized spacial score (nSPS) is 13.8. The molecule has 0 amide bonds. The van der Waals surface area contributed by atoms with Crippen LogP contribution in [0.1, 0.15) is 42.9 Å². The molecule has 1 saturated carbocycles. The molecule has 0 unspecified atom stereocenters. The molecule has 1 aliphatic rings. The predicted octanol–water partition coefficient (Wildman–Crippen LogP) is 4.94. The van der Waals surface area contributed by atoms with Crippen molar-refractivity contribution >= 4 is 11.8 Å². The fourth-order valence-electron chi connectivity index (χ4n) is 3.47. The molecular formula is C24H26F3NO3. The summed E-state index contributed by atoms with van der Waals surface area (Å²) in [6.45, 7) is 2.65. The Kier molecular flexibility index (Phi) is 7.49. The Morgan fingerprint density at radius 3 is 2.58 bits per heavy atom. The molecule has 0 bridgehead atoms. The minimum absolute atomic E-state index is 0.0964. The Hall–Kier alpha value is -2.67. The Balaban J connectivity index is 1.79. The molecule has 31 heavy (non-hydrogen) atoms. The highest BCUT2D eigenvalue weighted by molar-refractivity contribution is 5.83. The summed E-state index contributed by atoms with van der Waals surface area (Å²) in [6, 6.07) is 10.8. The molecule has 0 spiro atoms. The minimum atomic E-state index is -4.44. The maximum absolute atomic E-state index is 13.3. The summed E-state index contributed by atoms with van der Waals surface area (Å²) in [7, 11) is 0. The third-order valence-corrected chi connectivity index (χ3v) is 5.22. The molecule has 1 fully saturated rings. The maximum atomic E-state index is 13.3. The fourth-order valence-corrected chi connectivity index (χ4v) is 3.47. The van der Waals surface area contributed by atoms with E-state index < -0.39 is 11.7 Å². The first kappa shape index (κ1) is 23.0. The van der Waals surface area contributed by atoms with Gasteiger partial charge in [0.25, 0.3) is 0 Å². The van der Waals surface area contributed by atoms with Gasteiger partial charge in [0, 0.05) is 25.4 Å². The Labute approximate surface area is 179 Å². The van der Waals surface area contributed by atoms with Crippen LogP contribution >= 0.6 is 0 Å². The Morgan fingerprint density at radius 2 is 1.90 bits per heavy atom. The summed E-state index contributed by atoms with van der Waals surface area (Å²) in [5.74, 6) is 0.0331. The Bertz CT molecular complexity index is 936. The third kappa shape index (κ3) is 6.66. The van der Waals surface area contributed by atoms with Crippen LogP contribution in [0.25, 0.3) is 11.1 Å². The van der Waals surface area contributed by atoms with Crippen molar-refractivity contribution in [1.82, 2.24) is 5.32 Å². The Morgan fingerprint density at radius 1 is 1.13 bits per heavy atom. The predicted molar refractivity (Wildman–Crippen MR) is 111 cm³/mol. The first-order chi connectivity index (χ1) is 14.8. The topological polar surface area (TPSA) is 55.4 Å². The smallest absolute Gasteiger partial charge is 0.416 e. The van der Waals surface area contributed by atoms with Crippen LogP contribution in [0.5, 0.6) is 0 Å². The highest BCUT2D eigenvalue weighted by atomic mass is 19.4. The van der Waals surface area contributed by atoms with Crippen LogP contribution in [-0.4, -0.2) is 24.9 Å². The number of ether oxygens (including phenoxy) is 1. The van der Waals surface area contributed by atoms with E-state index in [1.165, 1.54) is 6.07 Å². The van der Waals surface area contributed by atoms with Crippen LogP contribution in [0, 0.1) is 5.92 Å². The number of rotatable bonds is 10. The molecule has 0 heterocycles. The number of Topliss-reactive ketones (excluding diaryl/α,β-unsaturated/α-hetero) is 1. The van der Waals surface area contributed by atoms with E-state index in [1.54, 1.807) is 31.2 Å². The average molecular weight is 433 g/mol. The molecule has 0 atom stereocenters. The van der Waals surface area contributed by atoms with Crippen LogP contribution in [-0.2, 0) is 33.5 Å². The summed E-state index contributed by atoms with van der Waals surface area (Å²) in [5.41, 5.74) is 1.87. The summed E-state index contributed by atoms with van der Waals surface area (Å²) in [6.07, 6.45) is -2.08. The van der Waals surface area contributed by atoms with E-state index in [2.05, 4.69) is 5.32 Å². The number of hydrogen-bond donors (Lipinski definition) is 1. The molecule has 3 rings (SSSR count). The minimum Gasteiger partial charge on any atom is -0.466 e. The third-order valence-electron chi connectivity index (χ3n) is 5.22. The maximum Gasteiger partial charge on any atom is 0.416 e. The number of carbonyl (C=O) groups excluding carboxylic acids is 2. The molecule has 2 aromatic rings. The number of carbonyl (C=O) groups is 2. The molecule has 2 aromatic carbocycles. The molecule has 4 nitrogen and oxygen atoms in total. The van der Waals surface area contributed by atoms with Crippen molar-refractivity contribution in [2.75, 3.05) is 13.2 Å². The number of halogens is 3. The van der Waals surface area contributed by atoms with Gasteiger partial charge in [-0.1, -0.05) is 30.3 Å². The molecule has 0 radical (unpaired) electrons. The molecule has 0 aliphatic heterocycles. The summed E-state index contributed by atoms with van der Waals surface area (Å²) in [4.78, 5) is 23.6. The van der Waals surface area contributed by atoms with Crippen molar-refractivity contribution in [1.29, 1.82) is 0 Å². The van der Waals surface area contributed by atoms with Gasteiger partial charge in [-0.05, 0) is 54.2 Å². The number of benzene rings is 2. The molecular weight excluding hydrogens is 407 g/mol. The molecule has 7 heteroatoms. The molecule has 1 N–H and O–H groups in total. The van der Waals surface area contributed by atoms with Gasteiger partial charge >= 0.3 is 12.1 Å². The summed E-state index contributed by atoms with van der Waals surface area (Å²) >= 11 is 0. The zero-order chi connectivity index (χ0) is 22.4. The standard InChI is InChI=1S/C24H26F3NO3/c1-2-31-23(30)13-16-4-3-5-18(12-16)21-9-8-20(24(25,26)27)14-19(21)15-28-11-10-22(29)17-6-7-17/h3-5,8-9,12,14,17,28H,2,6-7,10-11,13,15H2,1H3. The fraction of sp³-hybridized carbons (Fsp3) is 0.417. The lowest BCUT2D eigenvalue weighted by Gasteiger charge is -2.15. The second kappa shape index (κ2) is 10.1. The highest BCUT2D eigenvalue weighted by Crippen LogP contribution is 2.34. The zero-order valence-corrected chi connectivity index (χ0v) is 17.4. The van der Waals surface area contributed by atoms with Crippen LogP contribution in [0.2, 0.25) is 0 Å². The van der Waals surface area contributed by atoms with Crippen molar-refractivity contribution in [3.05, 3.63) is 59.2 Å². The number of ketones is 1. The quantitative estimate of drug-likeness (QED) is 0.426. The van der Waals surface area contributed by atoms with Gasteiger partial charge in [0.1, 0.15) is 5.78 Å². The molecule has 166 valence electrons. The van der Waals surface area contributed by atoms with Crippen LogP contribution in [0.3, 0.4) is 0 Å². The van der Waals surface area contributed by atoms with Crippen LogP contribution in [0.4, 0.5) is 13.2 Å². The van der Waals surface area contributed by atoms with E-state index in [9.17, 15) is 22.8 Å². The van der Waals surface area contributed by atoms with E-state index in [-0.39, 0.29) is 37.2 Å². The lowest BCUT2D eigenvalue weighted by molar-refractivity contribution is -0.142. The van der Waals surface area contributed by atoms with Crippen molar-refractivity contribution in [3.63, 3.8) is 0 Å². The number of hydrogen-bond acceptors (Lipinski definition) is 4. The van der Waals surface area contributed by atoms with Crippen molar-refractivity contribution < 1.29 is 27.5 Å². The van der Waals surface area contributed by atoms with Gasteiger partial charge in [0.2, 0.25) is 0 Å². The second-order valence-corrected chi connectivity index (χ2v) is 7.72. The van der Waals surface area contributed by atoms with Crippen LogP contribution < -0.4 is 5.32 Å². The van der Waals surface area contributed by atoms with Crippen molar-refractivity contribution in [3.8, 4) is 11.1 Å². The van der Waals surface area contributed by atoms with E-state index in [1.807, 2.05) is 0 Å². The second-order valence-electron chi connectivity index (χ2n) is 7.72. The highest BCUT2D eigenvalue weighted by Gasteiger charge is 2.31. The van der Waals surface area contributed by atoms with Gasteiger partial charge in [0.15, 0.2) is 0 Å². The van der Waals surface area contributed by atoms with Gasteiger partial charge in [-0.15, -0.1) is 0 Å². The first-order valence-corrected chi connectivity index (χ1v) is 10.5. The first-order valence-electron chi connectivity index (χ1n) is 10.5. The van der Waals surface area contributed by atoms with Crippen molar-refractivity contribution in [2.45, 2.75) is 45.3 Å². The van der Waals surface area contributed by atoms with Gasteiger partial charge in [0.05, 0.1) is 18.6 Å². The molecule has 0 saturated heterocycles. The lowest BCUT2D eigenvalue weighted by Crippen LogP contribution is -2.19.